The average Bonchev–Trinajstić information content (AvgIpc) is 4.05. The van der Waals surface area contributed by atoms with Crippen molar-refractivity contribution in [3.8, 4) is 0 Å². The second kappa shape index (κ2) is 20.9. The minimum absolute atomic E-state index is 0.0134. The number of nitrogens with two attached hydrogens (primary N) is 3. The number of allylic oxidation sites excluding steroid dienone is 2. The van der Waals surface area contributed by atoms with E-state index in [0.717, 1.165) is 57.8 Å². The molecule has 29 heteroatoms. The Morgan fingerprint density at radius 1 is 1.00 bits per heavy atom. The van der Waals surface area contributed by atoms with Gasteiger partial charge in [-0.3, -0.25) is 33.8 Å². The zero-order valence-corrected chi connectivity index (χ0v) is 39.1. The smallest absolute Gasteiger partial charge is 0.352 e. The summed E-state index contributed by atoms with van der Waals surface area (Å²) in [6, 6.07) is -1.71. The predicted molar refractivity (Wildman–Crippen MR) is 244 cm³/mol. The van der Waals surface area contributed by atoms with Crippen LogP contribution in [0.2, 0.25) is 0 Å². The van der Waals surface area contributed by atoms with Crippen LogP contribution in [-0.4, -0.2) is 170 Å². The number of thiazole rings is 1. The van der Waals surface area contributed by atoms with Gasteiger partial charge in [0.1, 0.15) is 34.2 Å². The maximum Gasteiger partial charge on any atom is 0.352 e. The highest BCUT2D eigenvalue weighted by atomic mass is 32.2. The van der Waals surface area contributed by atoms with Crippen LogP contribution in [-0.2, 0) is 33.6 Å². The van der Waals surface area contributed by atoms with Crippen molar-refractivity contribution in [2.75, 3.05) is 68.0 Å². The molecule has 3 fully saturated rings. The molecular weight excluding hydrogens is 958 g/mol. The quantitative estimate of drug-likeness (QED) is 0.0393. The molecule has 0 saturated carbocycles. The highest BCUT2D eigenvalue weighted by Gasteiger charge is 2.55. The first-order valence-corrected chi connectivity index (χ1v) is 24.8. The summed E-state index contributed by atoms with van der Waals surface area (Å²) in [6.07, 6.45) is 3.94. The molecule has 22 nitrogen and oxygen atoms in total. The van der Waals surface area contributed by atoms with Crippen molar-refractivity contribution in [2.24, 2.45) is 16.0 Å². The second-order valence-corrected chi connectivity index (χ2v) is 21.0. The van der Waals surface area contributed by atoms with Gasteiger partial charge in [0.25, 0.3) is 36.4 Å². The number of aromatic nitrogens is 3. The minimum Gasteiger partial charge on any atom is -0.477 e. The molecule has 7 heterocycles. The number of anilines is 2. The highest BCUT2D eigenvalue weighted by Crippen LogP contribution is 2.47. The first kappa shape index (κ1) is 48.5. The number of halogens is 1. The number of amides is 5. The van der Waals surface area contributed by atoms with E-state index in [1.165, 1.54) is 33.8 Å². The number of aliphatic carboxylic acids is 1. The lowest BCUT2D eigenvalue weighted by Gasteiger charge is -2.49. The number of carboxylic acids is 1. The maximum absolute atomic E-state index is 12.9. The molecule has 64 heavy (non-hydrogen) atoms. The SMILES string of the molecule is CC[N+](C)(C/C=C/C1=C(C)N2C(=O)C(NC(=O)/C(=N/OCF)c3nsc(N)n3)C2SC1)CC(N)=O.Nc1nc(/C(=N\O)C(=O)NC2C(=O)N3C(C(=O)O)=C(C4SCCS4)CSC23)cs1. The van der Waals surface area contributed by atoms with Crippen LogP contribution in [0.3, 0.4) is 0 Å². The van der Waals surface area contributed by atoms with Crippen molar-refractivity contribution >= 4 is 127 Å². The number of fused-ring (bicyclic) bond motifs is 2. The number of rotatable bonds is 16. The number of hydrogen-bond donors (Lipinski definition) is 7. The number of hydrogen-bond acceptors (Lipinski definition) is 21. The molecule has 5 amide bonds. The number of β-lactam (4-membered cyclic amide) rings is 2. The maximum atomic E-state index is 12.9. The number of likely N-dealkylation sites (N-methyl/N-ethyl adjacent to an activating group) is 1. The number of thioether (sulfide) groups is 4. The van der Waals surface area contributed by atoms with Crippen LogP contribution in [0, 0.1) is 0 Å². The molecule has 0 bridgehead atoms. The number of nitrogen functional groups attached to an aromatic ring is 2. The molecule has 0 spiro atoms. The zero-order valence-electron chi connectivity index (χ0n) is 34.2. The molecule has 7 rings (SSSR count). The summed E-state index contributed by atoms with van der Waals surface area (Å²) in [5.74, 6) is -0.977. The van der Waals surface area contributed by atoms with Crippen molar-refractivity contribution in [2.45, 2.75) is 41.3 Å². The zero-order chi connectivity index (χ0) is 46.5. The summed E-state index contributed by atoms with van der Waals surface area (Å²) in [5.41, 5.74) is 18.3. The molecule has 5 aliphatic rings. The van der Waals surface area contributed by atoms with E-state index in [1.54, 1.807) is 28.4 Å². The van der Waals surface area contributed by atoms with Crippen molar-refractivity contribution < 1.29 is 52.8 Å². The lowest BCUT2D eigenvalue weighted by Crippen LogP contribution is -2.71. The van der Waals surface area contributed by atoms with E-state index in [4.69, 9.17) is 17.2 Å². The number of carbonyl (C=O) groups is 6. The van der Waals surface area contributed by atoms with Crippen LogP contribution in [0.4, 0.5) is 14.7 Å². The van der Waals surface area contributed by atoms with Gasteiger partial charge in [0.15, 0.2) is 22.5 Å². The average molecular weight is 1000 g/mol. The molecule has 2 aromatic heterocycles. The Kier molecular flexibility index (Phi) is 15.9. The predicted octanol–water partition coefficient (Wildman–Crippen LogP) is 0.398. The van der Waals surface area contributed by atoms with E-state index in [2.05, 4.69) is 40.1 Å². The van der Waals surface area contributed by atoms with Crippen LogP contribution in [0.5, 0.6) is 0 Å². The van der Waals surface area contributed by atoms with Gasteiger partial charge in [0, 0.05) is 45.6 Å². The molecule has 0 radical (unpaired) electrons. The number of primary amides is 1. The molecule has 10 N–H and O–H groups in total. The Morgan fingerprint density at radius 2 is 1.64 bits per heavy atom. The Bertz CT molecular complexity index is 2350. The Balaban J connectivity index is 0.000000216. The third kappa shape index (κ3) is 10.4. The highest BCUT2D eigenvalue weighted by molar-refractivity contribution is 8.20. The van der Waals surface area contributed by atoms with Crippen LogP contribution in [0.1, 0.15) is 25.4 Å². The first-order valence-electron chi connectivity index (χ1n) is 19.0. The fraction of sp³-hybridized carbons (Fsp3) is 0.457. The summed E-state index contributed by atoms with van der Waals surface area (Å²) < 4.78 is 16.9. The summed E-state index contributed by atoms with van der Waals surface area (Å²) in [6.45, 7) is 4.21. The molecule has 0 aromatic carbocycles. The van der Waals surface area contributed by atoms with E-state index in [1.807, 2.05) is 33.0 Å². The summed E-state index contributed by atoms with van der Waals surface area (Å²) in [4.78, 5) is 89.1. The molecular formula is C35H43FN13O9S6+. The number of quaternary nitrogens is 1. The Morgan fingerprint density at radius 3 is 2.20 bits per heavy atom. The third-order valence-corrected chi connectivity index (χ3v) is 17.2. The lowest BCUT2D eigenvalue weighted by atomic mass is 10.0. The standard InChI is InChI=1S/C20H27FN8O4S2.C15H15N5O5S4/c1-4-29(3,8-13(22)30)7-5-6-12-9-34-19-15(18(32)28(19)11(12)2)24-17(31)14(26-33-10-21)16-25-20(23)35-27-16;16-15-17-6(4-29-15)7(19-25)10(21)18-8-11(22)20-9(13(23)24)5(3-28-12(8)20)14-26-1-2-27-14/h5-6,15,19H,4,7-10H2,1-3H3,(H4-,22,23,24,25,27,30,31);4,8,12,14,25H,1-3H2,(H2,16,17)(H,18,21)(H,23,24)/p+1/b6-5+,26-14+;19-7+. The van der Waals surface area contributed by atoms with E-state index in [0.29, 0.717) is 22.5 Å². The fourth-order valence-corrected chi connectivity index (χ4v) is 13.9. The van der Waals surface area contributed by atoms with Crippen LogP contribution >= 0.6 is 69.9 Å². The minimum atomic E-state index is -1.25. The normalized spacial score (nSPS) is 23.4. The van der Waals surface area contributed by atoms with Crippen LogP contribution < -0.4 is 27.8 Å². The molecule has 5 atom stereocenters. The summed E-state index contributed by atoms with van der Waals surface area (Å²) in [7, 11) is 1.96. The number of carboxylic acid groups (broad SMARTS) is 1. The van der Waals surface area contributed by atoms with Gasteiger partial charge in [-0.25, -0.2) is 14.2 Å². The van der Waals surface area contributed by atoms with Gasteiger partial charge in [0.2, 0.25) is 11.5 Å². The van der Waals surface area contributed by atoms with E-state index >= 15 is 0 Å². The van der Waals surface area contributed by atoms with Gasteiger partial charge < -0.3 is 47.5 Å². The topological polar surface area (TPSA) is 324 Å². The largest absolute Gasteiger partial charge is 0.477 e. The van der Waals surface area contributed by atoms with E-state index < -0.39 is 48.0 Å². The molecule has 5 unspecified atom stereocenters. The van der Waals surface area contributed by atoms with Gasteiger partial charge in [-0.15, -0.1) is 58.4 Å². The lowest BCUT2D eigenvalue weighted by molar-refractivity contribution is -0.894. The van der Waals surface area contributed by atoms with Gasteiger partial charge in [0.05, 0.1) is 24.7 Å². The number of nitrogens with zero attached hydrogens (tertiary/aromatic N) is 8. The van der Waals surface area contributed by atoms with Gasteiger partial charge >= 0.3 is 5.97 Å². The molecule has 5 aliphatic heterocycles. The second-order valence-electron chi connectivity index (χ2n) is 14.4. The summed E-state index contributed by atoms with van der Waals surface area (Å²) >= 11 is 8.19. The van der Waals surface area contributed by atoms with Crippen molar-refractivity contribution in [1.82, 2.24) is 34.8 Å². The molecule has 0 aliphatic carbocycles. The fourth-order valence-electron chi connectivity index (χ4n) is 6.87. The monoisotopic (exact) mass is 1000 g/mol. The third-order valence-electron chi connectivity index (χ3n) is 10.3. The van der Waals surface area contributed by atoms with Crippen molar-refractivity contribution in [3.63, 3.8) is 0 Å². The van der Waals surface area contributed by atoms with Crippen molar-refractivity contribution in [1.29, 1.82) is 0 Å². The number of oxime groups is 2. The number of carbonyl (C=O) groups excluding carboxylic acids is 5. The van der Waals surface area contributed by atoms with Gasteiger partial charge in [-0.2, -0.15) is 9.36 Å². The number of nitrogens with one attached hydrogen (secondary N) is 2. The van der Waals surface area contributed by atoms with Gasteiger partial charge in [-0.05, 0) is 31.1 Å². The van der Waals surface area contributed by atoms with Gasteiger partial charge in [-0.1, -0.05) is 16.4 Å². The molecule has 344 valence electrons. The van der Waals surface area contributed by atoms with E-state index in [-0.39, 0.29) is 67.2 Å². The molecule has 3 saturated heterocycles. The van der Waals surface area contributed by atoms with E-state index in [9.17, 15) is 43.5 Å². The molecule has 2 aromatic rings. The first-order chi connectivity index (χ1) is 30.5. The summed E-state index contributed by atoms with van der Waals surface area (Å²) in [5, 5.41) is 31.4. The van der Waals surface area contributed by atoms with Crippen molar-refractivity contribution in [3.05, 3.63) is 51.6 Å². The van der Waals surface area contributed by atoms with Crippen LogP contribution in [0.15, 0.2) is 50.4 Å². The van der Waals surface area contributed by atoms with Crippen LogP contribution in [0.25, 0.3) is 0 Å². The Labute approximate surface area is 389 Å². The number of alkyl halides is 1. The Hall–Kier alpha value is -4.94.